The van der Waals surface area contributed by atoms with Gasteiger partial charge in [-0.3, -0.25) is 4.98 Å². The molecular formula is C14H22F2N2O3. The smallest absolute Gasteiger partial charge is 0.293 e. The summed E-state index contributed by atoms with van der Waals surface area (Å²) in [5.41, 5.74) is 0.264. The van der Waals surface area contributed by atoms with Crippen LogP contribution in [0.2, 0.25) is 0 Å². The van der Waals surface area contributed by atoms with Crippen molar-refractivity contribution >= 4 is 0 Å². The van der Waals surface area contributed by atoms with Crippen LogP contribution in [0.15, 0.2) is 12.4 Å². The number of aliphatic hydroxyl groups is 2. The maximum absolute atomic E-state index is 13.4. The Morgan fingerprint density at radius 2 is 1.95 bits per heavy atom. The van der Waals surface area contributed by atoms with Crippen molar-refractivity contribution in [3.8, 4) is 0 Å². The summed E-state index contributed by atoms with van der Waals surface area (Å²) in [6.45, 7) is 5.42. The molecule has 0 radical (unpaired) electrons. The van der Waals surface area contributed by atoms with E-state index in [1.165, 1.54) is 20.0 Å². The van der Waals surface area contributed by atoms with Gasteiger partial charge in [0.15, 0.2) is 0 Å². The van der Waals surface area contributed by atoms with Gasteiger partial charge >= 0.3 is 0 Å². The lowest BCUT2D eigenvalue weighted by atomic mass is 10.0. The Morgan fingerprint density at radius 3 is 2.38 bits per heavy atom. The Bertz CT molecular complexity index is 434. The van der Waals surface area contributed by atoms with E-state index in [-0.39, 0.29) is 12.3 Å². The molecule has 0 saturated carbocycles. The topological polar surface area (TPSA) is 75.5 Å². The van der Waals surface area contributed by atoms with Crippen LogP contribution >= 0.6 is 0 Å². The fraction of sp³-hybridized carbons (Fsp3) is 0.714. The first-order valence-corrected chi connectivity index (χ1v) is 6.86. The van der Waals surface area contributed by atoms with Gasteiger partial charge in [0.1, 0.15) is 11.8 Å². The van der Waals surface area contributed by atoms with Crippen LogP contribution in [-0.2, 0) is 10.7 Å². The fourth-order valence-electron chi connectivity index (χ4n) is 1.63. The zero-order valence-electron chi connectivity index (χ0n) is 12.5. The number of alkyl halides is 2. The highest BCUT2D eigenvalue weighted by atomic mass is 19.3. The van der Waals surface area contributed by atoms with Gasteiger partial charge in [0.25, 0.3) is 5.92 Å². The van der Waals surface area contributed by atoms with Crippen LogP contribution in [0.25, 0.3) is 0 Å². The number of aryl methyl sites for hydroxylation is 1. The molecule has 1 aliphatic rings. The Morgan fingerprint density at radius 1 is 1.29 bits per heavy atom. The van der Waals surface area contributed by atoms with E-state index in [1.807, 2.05) is 0 Å². The minimum absolute atomic E-state index is 0.248. The highest BCUT2D eigenvalue weighted by molar-refractivity contribution is 5.08. The van der Waals surface area contributed by atoms with Crippen LogP contribution in [0.3, 0.4) is 0 Å². The van der Waals surface area contributed by atoms with Crippen molar-refractivity contribution in [3.63, 3.8) is 0 Å². The fourth-order valence-corrected chi connectivity index (χ4v) is 1.63. The zero-order valence-corrected chi connectivity index (χ0v) is 12.5. The first-order chi connectivity index (χ1) is 9.75. The summed E-state index contributed by atoms with van der Waals surface area (Å²) in [7, 11) is 0. The van der Waals surface area contributed by atoms with Gasteiger partial charge in [0, 0.05) is 18.7 Å². The van der Waals surface area contributed by atoms with E-state index in [0.717, 1.165) is 6.20 Å². The van der Waals surface area contributed by atoms with Gasteiger partial charge in [-0.25, -0.2) is 4.98 Å². The molecule has 1 fully saturated rings. The average molecular weight is 304 g/mol. The molecule has 2 heterocycles. The molecule has 0 spiro atoms. The van der Waals surface area contributed by atoms with Crippen LogP contribution in [0, 0.1) is 12.8 Å². The first-order valence-electron chi connectivity index (χ1n) is 6.86. The lowest BCUT2D eigenvalue weighted by molar-refractivity contribution is -0.0852. The van der Waals surface area contributed by atoms with Crippen molar-refractivity contribution in [3.05, 3.63) is 23.8 Å². The summed E-state index contributed by atoms with van der Waals surface area (Å²) in [6, 6.07) is 0. The lowest BCUT2D eigenvalue weighted by Gasteiger charge is -2.22. The largest absolute Gasteiger partial charge is 0.390 e. The SMILES string of the molecule is Cc1cncc(C(F)(F)C(C)C)n1.OC1CCOCC1O. The van der Waals surface area contributed by atoms with Crippen LogP contribution in [0.1, 0.15) is 31.7 Å². The van der Waals surface area contributed by atoms with Gasteiger partial charge in [-0.1, -0.05) is 13.8 Å². The van der Waals surface area contributed by atoms with Gasteiger partial charge in [0.05, 0.1) is 24.6 Å². The second-order valence-corrected chi connectivity index (χ2v) is 5.32. The molecule has 2 atom stereocenters. The average Bonchev–Trinajstić information content (AvgIpc) is 2.43. The molecule has 120 valence electrons. The molecule has 5 nitrogen and oxygen atoms in total. The second kappa shape index (κ2) is 7.72. The van der Waals surface area contributed by atoms with E-state index >= 15 is 0 Å². The van der Waals surface area contributed by atoms with Crippen LogP contribution in [0.4, 0.5) is 8.78 Å². The molecule has 1 saturated heterocycles. The summed E-state index contributed by atoms with van der Waals surface area (Å²) in [4.78, 5) is 7.44. The molecule has 7 heteroatoms. The second-order valence-electron chi connectivity index (χ2n) is 5.32. The number of aromatic nitrogens is 2. The van der Waals surface area contributed by atoms with Crippen LogP contribution in [-0.4, -0.2) is 45.6 Å². The Labute approximate surface area is 123 Å². The molecular weight excluding hydrogens is 282 g/mol. The number of nitrogens with zero attached hydrogens (tertiary/aromatic N) is 2. The zero-order chi connectivity index (χ0) is 16.0. The maximum atomic E-state index is 13.4. The Kier molecular flexibility index (Phi) is 6.57. The van der Waals surface area contributed by atoms with Crippen molar-refractivity contribution in [1.29, 1.82) is 0 Å². The monoisotopic (exact) mass is 304 g/mol. The minimum Gasteiger partial charge on any atom is -0.390 e. The van der Waals surface area contributed by atoms with Crippen molar-refractivity contribution < 1.29 is 23.7 Å². The maximum Gasteiger partial charge on any atom is 0.293 e. The summed E-state index contributed by atoms with van der Waals surface area (Å²) in [6.07, 6.45) is 1.90. The van der Waals surface area contributed by atoms with E-state index in [2.05, 4.69) is 9.97 Å². The molecule has 1 aliphatic heterocycles. The first kappa shape index (κ1) is 17.9. The third-order valence-corrected chi connectivity index (χ3v) is 3.11. The number of rotatable bonds is 2. The molecule has 0 bridgehead atoms. The quantitative estimate of drug-likeness (QED) is 0.869. The van der Waals surface area contributed by atoms with E-state index in [1.54, 1.807) is 6.92 Å². The van der Waals surface area contributed by atoms with Gasteiger partial charge in [-0.2, -0.15) is 8.78 Å². The highest BCUT2D eigenvalue weighted by Gasteiger charge is 2.37. The molecule has 1 aromatic heterocycles. The van der Waals surface area contributed by atoms with Crippen molar-refractivity contribution in [2.45, 2.75) is 45.3 Å². The van der Waals surface area contributed by atoms with E-state index in [0.29, 0.717) is 18.7 Å². The summed E-state index contributed by atoms with van der Waals surface area (Å²) < 4.78 is 31.6. The Balaban J connectivity index is 0.000000235. The number of aliphatic hydroxyl groups excluding tert-OH is 2. The number of halogens is 2. The third-order valence-electron chi connectivity index (χ3n) is 3.11. The minimum atomic E-state index is -2.89. The molecule has 21 heavy (non-hydrogen) atoms. The van der Waals surface area contributed by atoms with Gasteiger partial charge < -0.3 is 14.9 Å². The molecule has 2 rings (SSSR count). The third kappa shape index (κ3) is 5.26. The van der Waals surface area contributed by atoms with Gasteiger partial charge in [0.2, 0.25) is 0 Å². The van der Waals surface area contributed by atoms with Gasteiger partial charge in [-0.05, 0) is 13.3 Å². The van der Waals surface area contributed by atoms with Crippen LogP contribution in [0.5, 0.6) is 0 Å². The van der Waals surface area contributed by atoms with E-state index in [9.17, 15) is 8.78 Å². The molecule has 0 aliphatic carbocycles. The highest BCUT2D eigenvalue weighted by Crippen LogP contribution is 2.33. The Hall–Kier alpha value is -1.18. The molecule has 0 aromatic carbocycles. The number of hydrogen-bond donors (Lipinski definition) is 2. The van der Waals surface area contributed by atoms with Crippen LogP contribution < -0.4 is 0 Å². The molecule has 0 amide bonds. The van der Waals surface area contributed by atoms with Gasteiger partial charge in [-0.15, -0.1) is 0 Å². The predicted molar refractivity (Wildman–Crippen MR) is 73.0 cm³/mol. The summed E-state index contributed by atoms with van der Waals surface area (Å²) in [5.74, 6) is -3.65. The van der Waals surface area contributed by atoms with Crippen molar-refractivity contribution in [2.24, 2.45) is 5.92 Å². The number of hydrogen-bond acceptors (Lipinski definition) is 5. The molecule has 2 unspecified atom stereocenters. The predicted octanol–water partition coefficient (Wildman–Crippen LogP) is 1.66. The van der Waals surface area contributed by atoms with E-state index < -0.39 is 24.0 Å². The van der Waals surface area contributed by atoms with Crippen molar-refractivity contribution in [1.82, 2.24) is 9.97 Å². The number of ether oxygens (including phenoxy) is 1. The van der Waals surface area contributed by atoms with Crippen molar-refractivity contribution in [2.75, 3.05) is 13.2 Å². The summed E-state index contributed by atoms with van der Waals surface area (Å²) >= 11 is 0. The normalized spacial score (nSPS) is 22.7. The lowest BCUT2D eigenvalue weighted by Crippen LogP contribution is -2.36. The standard InChI is InChI=1S/C9H12F2N2.C5H10O3/c1-6(2)9(10,11)8-5-12-4-7(3)13-8;6-4-1-2-8-3-5(4)7/h4-6H,1-3H3;4-7H,1-3H2. The summed E-state index contributed by atoms with van der Waals surface area (Å²) in [5, 5.41) is 17.7. The van der Waals surface area contributed by atoms with E-state index in [4.69, 9.17) is 14.9 Å². The molecule has 1 aromatic rings. The molecule has 2 N–H and O–H groups in total.